The zero-order valence-electron chi connectivity index (χ0n) is 17.4. The van der Waals surface area contributed by atoms with Gasteiger partial charge in [0.2, 0.25) is 0 Å². The third-order valence-corrected chi connectivity index (χ3v) is 6.72. The van der Waals surface area contributed by atoms with Crippen molar-refractivity contribution >= 4 is 17.7 Å². The summed E-state index contributed by atoms with van der Waals surface area (Å²) < 4.78 is 5.47. The van der Waals surface area contributed by atoms with Crippen molar-refractivity contribution in [2.75, 3.05) is 20.6 Å². The van der Waals surface area contributed by atoms with E-state index >= 15 is 0 Å². The van der Waals surface area contributed by atoms with E-state index in [1.54, 1.807) is 29.2 Å². The second-order valence-electron chi connectivity index (χ2n) is 8.67. The van der Waals surface area contributed by atoms with Gasteiger partial charge in [-0.05, 0) is 88.7 Å². The molecule has 2 fully saturated rings. The molecule has 5 heteroatoms. The molecule has 0 aromatic heterocycles. The maximum atomic E-state index is 12.4. The van der Waals surface area contributed by atoms with Crippen LogP contribution in [0.1, 0.15) is 64.2 Å². The lowest BCUT2D eigenvalue weighted by molar-refractivity contribution is 0.123. The van der Waals surface area contributed by atoms with E-state index < -0.39 is 0 Å². The second kappa shape index (κ2) is 10.5. The van der Waals surface area contributed by atoms with Gasteiger partial charge in [0.1, 0.15) is 5.75 Å². The molecule has 1 aromatic carbocycles. The summed E-state index contributed by atoms with van der Waals surface area (Å²) in [4.78, 5) is 16.7. The van der Waals surface area contributed by atoms with Gasteiger partial charge in [-0.2, -0.15) is 0 Å². The lowest BCUT2D eigenvalue weighted by Crippen LogP contribution is -2.41. The molecule has 0 atom stereocenters. The summed E-state index contributed by atoms with van der Waals surface area (Å²) in [7, 11) is 4.13. The Morgan fingerprint density at radius 3 is 2.25 bits per heavy atom. The molecule has 0 heterocycles. The Bertz CT molecular complexity index is 610. The monoisotopic (exact) mass is 406 g/mol. The number of hydrogen-bond donors (Lipinski definition) is 0. The quantitative estimate of drug-likeness (QED) is 0.472. The lowest BCUT2D eigenvalue weighted by Gasteiger charge is -2.34. The number of carbonyl (C=O) groups is 1. The van der Waals surface area contributed by atoms with Gasteiger partial charge in [0, 0.05) is 24.2 Å². The van der Waals surface area contributed by atoms with Crippen molar-refractivity contribution in [3.63, 3.8) is 0 Å². The fourth-order valence-electron chi connectivity index (χ4n) is 4.31. The maximum Gasteiger partial charge on any atom is 0.415 e. The number of unbranched alkanes of at least 4 members (excludes halogenated alkanes) is 2. The number of ether oxygens (including phenoxy) is 1. The topological polar surface area (TPSA) is 32.8 Å². The molecule has 0 spiro atoms. The molecule has 2 aliphatic rings. The molecule has 0 unspecified atom stereocenters. The Kier molecular flexibility index (Phi) is 8.04. The van der Waals surface area contributed by atoms with Crippen LogP contribution in [0.3, 0.4) is 0 Å². The molecule has 156 valence electrons. The van der Waals surface area contributed by atoms with E-state index in [1.165, 1.54) is 57.9 Å². The zero-order valence-corrected chi connectivity index (χ0v) is 18.2. The number of hydrogen-bond acceptors (Lipinski definition) is 3. The van der Waals surface area contributed by atoms with Crippen molar-refractivity contribution < 1.29 is 9.53 Å². The predicted octanol–water partition coefficient (Wildman–Crippen LogP) is 5.98. The molecule has 1 aromatic rings. The van der Waals surface area contributed by atoms with Crippen LogP contribution in [-0.4, -0.2) is 48.6 Å². The van der Waals surface area contributed by atoms with E-state index in [1.807, 2.05) is 7.05 Å². The van der Waals surface area contributed by atoms with Gasteiger partial charge in [-0.15, -0.1) is 0 Å². The molecular formula is C23H35ClN2O2. The van der Waals surface area contributed by atoms with E-state index in [9.17, 15) is 4.79 Å². The first-order chi connectivity index (χ1) is 13.5. The highest BCUT2D eigenvalue weighted by Gasteiger charge is 2.28. The Labute approximate surface area is 175 Å². The zero-order chi connectivity index (χ0) is 19.9. The van der Waals surface area contributed by atoms with Crippen LogP contribution in [0.4, 0.5) is 4.79 Å². The summed E-state index contributed by atoms with van der Waals surface area (Å²) in [5.41, 5.74) is 0. The van der Waals surface area contributed by atoms with E-state index in [0.717, 1.165) is 24.8 Å². The lowest BCUT2D eigenvalue weighted by atomic mass is 9.82. The van der Waals surface area contributed by atoms with Gasteiger partial charge in [0.25, 0.3) is 0 Å². The Morgan fingerprint density at radius 2 is 1.61 bits per heavy atom. The largest absolute Gasteiger partial charge is 0.415 e. The number of halogens is 1. The third kappa shape index (κ3) is 6.66. The average molecular weight is 407 g/mol. The van der Waals surface area contributed by atoms with Gasteiger partial charge in [0.15, 0.2) is 0 Å². The number of nitrogens with zero attached hydrogens (tertiary/aromatic N) is 2. The Morgan fingerprint density at radius 1 is 0.964 bits per heavy atom. The molecule has 0 bridgehead atoms. The highest BCUT2D eigenvalue weighted by Crippen LogP contribution is 2.31. The molecular weight excluding hydrogens is 372 g/mol. The van der Waals surface area contributed by atoms with Crippen LogP contribution < -0.4 is 4.74 Å². The van der Waals surface area contributed by atoms with E-state index in [4.69, 9.17) is 16.3 Å². The van der Waals surface area contributed by atoms with Crippen LogP contribution in [0.5, 0.6) is 5.75 Å². The van der Waals surface area contributed by atoms with E-state index in [-0.39, 0.29) is 6.09 Å². The van der Waals surface area contributed by atoms with Crippen molar-refractivity contribution in [3.8, 4) is 5.75 Å². The molecule has 2 aliphatic carbocycles. The highest BCUT2D eigenvalue weighted by atomic mass is 35.5. The molecule has 3 rings (SSSR count). The summed E-state index contributed by atoms with van der Waals surface area (Å²) in [6.07, 6.45) is 12.5. The first-order valence-corrected chi connectivity index (χ1v) is 11.3. The van der Waals surface area contributed by atoms with Gasteiger partial charge in [0.05, 0.1) is 0 Å². The summed E-state index contributed by atoms with van der Waals surface area (Å²) in [6, 6.07) is 8.11. The van der Waals surface area contributed by atoms with Crippen LogP contribution >= 0.6 is 11.6 Å². The fraction of sp³-hybridized carbons (Fsp3) is 0.696. The summed E-state index contributed by atoms with van der Waals surface area (Å²) in [6.45, 7) is 1.26. The molecule has 0 saturated heterocycles. The minimum absolute atomic E-state index is 0.273. The van der Waals surface area contributed by atoms with E-state index in [2.05, 4.69) is 11.9 Å². The minimum atomic E-state index is -0.273. The summed E-state index contributed by atoms with van der Waals surface area (Å²) >= 11 is 5.88. The van der Waals surface area contributed by atoms with Gasteiger partial charge < -0.3 is 14.5 Å². The third-order valence-electron chi connectivity index (χ3n) is 6.46. The van der Waals surface area contributed by atoms with Gasteiger partial charge in [-0.25, -0.2) is 4.79 Å². The number of amides is 1. The van der Waals surface area contributed by atoms with E-state index in [0.29, 0.717) is 16.8 Å². The molecule has 0 N–H and O–H groups in total. The van der Waals surface area contributed by atoms with Crippen LogP contribution in [0.2, 0.25) is 5.02 Å². The fourth-order valence-corrected chi connectivity index (χ4v) is 4.44. The van der Waals surface area contributed by atoms with Gasteiger partial charge in [-0.1, -0.05) is 30.9 Å². The number of rotatable bonds is 9. The Balaban J connectivity index is 1.29. The van der Waals surface area contributed by atoms with Crippen LogP contribution in [0, 0.1) is 5.92 Å². The van der Waals surface area contributed by atoms with Crippen LogP contribution in [0.25, 0.3) is 0 Å². The van der Waals surface area contributed by atoms with Gasteiger partial charge >= 0.3 is 6.09 Å². The molecule has 28 heavy (non-hydrogen) atoms. The van der Waals surface area contributed by atoms with Crippen molar-refractivity contribution in [1.82, 2.24) is 9.80 Å². The van der Waals surface area contributed by atoms with Crippen molar-refractivity contribution in [3.05, 3.63) is 29.3 Å². The van der Waals surface area contributed by atoms with Crippen LogP contribution in [0.15, 0.2) is 24.3 Å². The SMILES string of the molecule is CN(CCCCCC1CCC(N(C)C(=O)Oc2ccc(Cl)cc2)CC1)C1CC1. The first kappa shape index (κ1) is 21.4. The van der Waals surface area contributed by atoms with Crippen molar-refractivity contribution in [2.24, 2.45) is 5.92 Å². The maximum absolute atomic E-state index is 12.4. The van der Waals surface area contributed by atoms with Gasteiger partial charge in [-0.3, -0.25) is 0 Å². The molecule has 2 saturated carbocycles. The molecule has 1 amide bonds. The van der Waals surface area contributed by atoms with Crippen molar-refractivity contribution in [2.45, 2.75) is 76.3 Å². The average Bonchev–Trinajstić information content (AvgIpc) is 3.54. The second-order valence-corrected chi connectivity index (χ2v) is 9.10. The Hall–Kier alpha value is -1.26. The first-order valence-electron chi connectivity index (χ1n) is 10.9. The molecule has 0 radical (unpaired) electrons. The smallest absolute Gasteiger partial charge is 0.410 e. The van der Waals surface area contributed by atoms with Crippen molar-refractivity contribution in [1.29, 1.82) is 0 Å². The molecule has 0 aliphatic heterocycles. The summed E-state index contributed by atoms with van der Waals surface area (Å²) in [5.74, 6) is 1.38. The number of carbonyl (C=O) groups excluding carboxylic acids is 1. The summed E-state index contributed by atoms with van der Waals surface area (Å²) in [5, 5.41) is 0.640. The normalized spacial score (nSPS) is 22.3. The standard InChI is InChI=1S/C23H35ClN2O2/c1-25(20-13-14-20)17-5-3-4-6-18-7-11-21(12-8-18)26(2)23(27)28-22-15-9-19(24)10-16-22/h9-10,15-16,18,20-21H,3-8,11-14,17H2,1-2H3. The highest BCUT2D eigenvalue weighted by molar-refractivity contribution is 6.30. The predicted molar refractivity (Wildman–Crippen MR) is 115 cm³/mol. The minimum Gasteiger partial charge on any atom is -0.410 e. The molecule has 4 nitrogen and oxygen atoms in total. The van der Waals surface area contributed by atoms with Crippen LogP contribution in [-0.2, 0) is 0 Å². The number of benzene rings is 1.